The van der Waals surface area contributed by atoms with Crippen LogP contribution in [0.15, 0.2) is 0 Å². The smallest absolute Gasteiger partial charge is 0.185 e. The minimum absolute atomic E-state index is 0.0839. The van der Waals surface area contributed by atoms with E-state index in [1.54, 1.807) is 11.3 Å². The van der Waals surface area contributed by atoms with Gasteiger partial charge < -0.3 is 10.2 Å². The van der Waals surface area contributed by atoms with Crippen LogP contribution in [0.5, 0.6) is 0 Å². The average molecular weight is 315 g/mol. The first-order chi connectivity index (χ1) is 9.50. The quantitative estimate of drug-likeness (QED) is 0.889. The summed E-state index contributed by atoms with van der Waals surface area (Å²) in [5.74, 6) is 1.21. The molecule has 0 amide bonds. The molecule has 1 saturated carbocycles. The fraction of sp³-hybridized carbons (Fsp3) is 0.769. The highest BCUT2D eigenvalue weighted by Crippen LogP contribution is 2.44. The van der Waals surface area contributed by atoms with Crippen LogP contribution in [0.3, 0.4) is 0 Å². The van der Waals surface area contributed by atoms with Gasteiger partial charge in [-0.3, -0.25) is 0 Å². The summed E-state index contributed by atoms with van der Waals surface area (Å²) in [6.07, 6.45) is 3.20. The van der Waals surface area contributed by atoms with Crippen molar-refractivity contribution in [3.8, 4) is 0 Å². The molecule has 1 unspecified atom stereocenters. The zero-order chi connectivity index (χ0) is 14.3. The van der Waals surface area contributed by atoms with Crippen LogP contribution >= 0.6 is 11.3 Å². The van der Waals surface area contributed by atoms with E-state index in [0.717, 1.165) is 18.1 Å². The van der Waals surface area contributed by atoms with Crippen LogP contribution in [0.25, 0.3) is 0 Å². The molecule has 7 heteroatoms. The molecule has 1 aliphatic carbocycles. The summed E-state index contributed by atoms with van der Waals surface area (Å²) in [4.78, 5) is 8.17. The molecule has 1 aromatic rings. The predicted octanol–water partition coefficient (Wildman–Crippen LogP) is 1.36. The Hall–Kier alpha value is -0.660. The number of anilines is 1. The van der Waals surface area contributed by atoms with Gasteiger partial charge in [-0.25, -0.2) is 13.4 Å². The second kappa shape index (κ2) is 5.27. The number of hydrogen-bond acceptors (Lipinski definition) is 6. The molecule has 2 heterocycles. The lowest BCUT2D eigenvalue weighted by Gasteiger charge is -2.22. The fourth-order valence-electron chi connectivity index (χ4n) is 2.70. The van der Waals surface area contributed by atoms with Crippen molar-refractivity contribution in [2.45, 2.75) is 37.8 Å². The summed E-state index contributed by atoms with van der Waals surface area (Å²) < 4.78 is 23.2. The Morgan fingerprint density at radius 2 is 2.15 bits per heavy atom. The summed E-state index contributed by atoms with van der Waals surface area (Å²) in [6, 6.07) is 0.0839. The van der Waals surface area contributed by atoms with Crippen LogP contribution in [0, 0.1) is 0 Å². The van der Waals surface area contributed by atoms with Gasteiger partial charge in [0.1, 0.15) is 0 Å². The van der Waals surface area contributed by atoms with Gasteiger partial charge in [-0.1, -0.05) is 0 Å². The summed E-state index contributed by atoms with van der Waals surface area (Å²) >= 11 is 1.70. The number of sulfone groups is 1. The van der Waals surface area contributed by atoms with Gasteiger partial charge in [-0.05, 0) is 26.3 Å². The van der Waals surface area contributed by atoms with E-state index in [9.17, 15) is 8.42 Å². The van der Waals surface area contributed by atoms with Crippen molar-refractivity contribution in [3.05, 3.63) is 10.6 Å². The van der Waals surface area contributed by atoms with E-state index in [1.807, 2.05) is 14.1 Å². The predicted molar refractivity (Wildman–Crippen MR) is 82.3 cm³/mol. The number of thiazole rings is 1. The molecular formula is C13H21N3O2S2. The lowest BCUT2D eigenvalue weighted by Crippen LogP contribution is -2.32. The Labute approximate surface area is 124 Å². The maximum absolute atomic E-state index is 11.6. The average Bonchev–Trinajstić information content (AvgIpc) is 3.06. The number of nitrogens with one attached hydrogen (secondary N) is 1. The van der Waals surface area contributed by atoms with Crippen LogP contribution < -0.4 is 10.2 Å². The van der Waals surface area contributed by atoms with Gasteiger partial charge in [0.25, 0.3) is 0 Å². The normalized spacial score (nSPS) is 25.0. The Bertz CT molecular complexity index is 593. The molecule has 0 aromatic carbocycles. The molecule has 0 bridgehead atoms. The fourth-order valence-corrected chi connectivity index (χ4v) is 5.67. The van der Waals surface area contributed by atoms with Gasteiger partial charge in [0.15, 0.2) is 15.0 Å². The number of aromatic nitrogens is 1. The minimum Gasteiger partial charge on any atom is -0.347 e. The number of rotatable bonds is 5. The zero-order valence-corrected chi connectivity index (χ0v) is 13.6. The Morgan fingerprint density at radius 3 is 2.70 bits per heavy atom. The van der Waals surface area contributed by atoms with Crippen LogP contribution in [0.4, 0.5) is 5.13 Å². The molecule has 1 N–H and O–H groups in total. The van der Waals surface area contributed by atoms with E-state index >= 15 is 0 Å². The SMILES string of the molecule is CNCc1sc(N(C)C2CCS(=O)(=O)C2)nc1C1CC1. The van der Waals surface area contributed by atoms with E-state index < -0.39 is 9.84 Å². The highest BCUT2D eigenvalue weighted by atomic mass is 32.2. The first kappa shape index (κ1) is 14.3. The number of nitrogens with zero attached hydrogens (tertiary/aromatic N) is 2. The third-order valence-electron chi connectivity index (χ3n) is 4.08. The molecular weight excluding hydrogens is 294 g/mol. The zero-order valence-electron chi connectivity index (χ0n) is 11.9. The summed E-state index contributed by atoms with van der Waals surface area (Å²) in [5, 5.41) is 4.17. The summed E-state index contributed by atoms with van der Waals surface area (Å²) in [6.45, 7) is 0.848. The highest BCUT2D eigenvalue weighted by Gasteiger charge is 2.34. The van der Waals surface area contributed by atoms with E-state index in [1.165, 1.54) is 23.4 Å². The third-order valence-corrected chi connectivity index (χ3v) is 6.99. The van der Waals surface area contributed by atoms with Crippen molar-refractivity contribution >= 4 is 26.3 Å². The molecule has 20 heavy (non-hydrogen) atoms. The molecule has 112 valence electrons. The lowest BCUT2D eigenvalue weighted by atomic mass is 10.2. The van der Waals surface area contributed by atoms with E-state index in [0.29, 0.717) is 11.7 Å². The van der Waals surface area contributed by atoms with Crippen molar-refractivity contribution in [1.29, 1.82) is 0 Å². The van der Waals surface area contributed by atoms with Crippen molar-refractivity contribution in [2.75, 3.05) is 30.5 Å². The minimum atomic E-state index is -2.84. The number of hydrogen-bond donors (Lipinski definition) is 1. The van der Waals surface area contributed by atoms with Crippen LogP contribution in [-0.2, 0) is 16.4 Å². The van der Waals surface area contributed by atoms with Crippen molar-refractivity contribution < 1.29 is 8.42 Å². The van der Waals surface area contributed by atoms with Crippen LogP contribution in [0.1, 0.15) is 35.8 Å². The maximum atomic E-state index is 11.6. The molecule has 1 atom stereocenters. The second-order valence-corrected chi connectivity index (χ2v) is 9.07. The van der Waals surface area contributed by atoms with Crippen molar-refractivity contribution in [1.82, 2.24) is 10.3 Å². The maximum Gasteiger partial charge on any atom is 0.185 e. The summed E-state index contributed by atoms with van der Waals surface area (Å²) in [7, 11) is 1.08. The first-order valence-corrected chi connectivity index (χ1v) is 9.71. The van der Waals surface area contributed by atoms with Gasteiger partial charge in [0.2, 0.25) is 0 Å². The Morgan fingerprint density at radius 1 is 1.40 bits per heavy atom. The Kier molecular flexibility index (Phi) is 3.77. The monoisotopic (exact) mass is 315 g/mol. The topological polar surface area (TPSA) is 62.3 Å². The highest BCUT2D eigenvalue weighted by molar-refractivity contribution is 7.91. The molecule has 0 radical (unpaired) electrons. The molecule has 3 rings (SSSR count). The second-order valence-electron chi connectivity index (χ2n) is 5.78. The van der Waals surface area contributed by atoms with Gasteiger partial charge in [-0.2, -0.15) is 0 Å². The van der Waals surface area contributed by atoms with E-state index in [4.69, 9.17) is 4.98 Å². The third kappa shape index (κ3) is 2.84. The van der Waals surface area contributed by atoms with E-state index in [2.05, 4.69) is 10.2 Å². The lowest BCUT2D eigenvalue weighted by molar-refractivity contribution is 0.601. The van der Waals surface area contributed by atoms with E-state index in [-0.39, 0.29) is 11.8 Å². The van der Waals surface area contributed by atoms with Crippen molar-refractivity contribution in [2.24, 2.45) is 0 Å². The largest absolute Gasteiger partial charge is 0.347 e. The van der Waals surface area contributed by atoms with Gasteiger partial charge in [0.05, 0.1) is 17.2 Å². The summed E-state index contributed by atoms with van der Waals surface area (Å²) in [5.41, 5.74) is 1.23. The molecule has 0 spiro atoms. The standard InChI is InChI=1S/C13H21N3O2S2/c1-14-7-11-12(9-3-4-9)15-13(19-11)16(2)10-5-6-20(17,18)8-10/h9-10,14H,3-8H2,1-2H3. The van der Waals surface area contributed by atoms with Gasteiger partial charge in [-0.15, -0.1) is 11.3 Å². The van der Waals surface area contributed by atoms with Crippen LogP contribution in [0.2, 0.25) is 0 Å². The molecule has 5 nitrogen and oxygen atoms in total. The molecule has 2 fully saturated rings. The van der Waals surface area contributed by atoms with Crippen LogP contribution in [-0.4, -0.2) is 45.0 Å². The molecule has 2 aliphatic rings. The Balaban J connectivity index is 1.81. The van der Waals surface area contributed by atoms with Gasteiger partial charge in [0, 0.05) is 30.4 Å². The van der Waals surface area contributed by atoms with Crippen molar-refractivity contribution in [3.63, 3.8) is 0 Å². The molecule has 1 saturated heterocycles. The van der Waals surface area contributed by atoms with Gasteiger partial charge >= 0.3 is 0 Å². The first-order valence-electron chi connectivity index (χ1n) is 7.07. The molecule has 1 aliphatic heterocycles. The molecule has 1 aromatic heterocycles.